The van der Waals surface area contributed by atoms with Gasteiger partial charge in [0.2, 0.25) is 5.79 Å². The molecule has 2 saturated heterocycles. The maximum Gasteiger partial charge on any atom is 0.309 e. The molecule has 7 fully saturated rings. The van der Waals surface area contributed by atoms with Gasteiger partial charge in [0.15, 0.2) is 0 Å². The van der Waals surface area contributed by atoms with Gasteiger partial charge in [0.1, 0.15) is 12.9 Å². The lowest BCUT2D eigenvalue weighted by molar-refractivity contribution is -0.161. The van der Waals surface area contributed by atoms with Gasteiger partial charge in [-0.2, -0.15) is 0 Å². The van der Waals surface area contributed by atoms with Gasteiger partial charge in [0, 0.05) is 13.0 Å². The Kier molecular flexibility index (Phi) is 4.85. The first-order valence-electron chi connectivity index (χ1n) is 14.3. The summed E-state index contributed by atoms with van der Waals surface area (Å²) in [4.78, 5) is 12.6. The lowest BCUT2D eigenvalue weighted by Crippen LogP contribution is -2.56. The summed E-state index contributed by atoms with van der Waals surface area (Å²) in [7, 11) is 1.70. The Morgan fingerprint density at radius 3 is 2.57 bits per heavy atom. The number of hydrogen-bond acceptors (Lipinski definition) is 6. The van der Waals surface area contributed by atoms with Crippen LogP contribution in [-0.4, -0.2) is 49.1 Å². The minimum Gasteiger partial charge on any atom is -0.429 e. The number of esters is 1. The van der Waals surface area contributed by atoms with Crippen molar-refractivity contribution >= 4 is 5.97 Å². The van der Waals surface area contributed by atoms with Crippen LogP contribution in [0.1, 0.15) is 79.1 Å². The van der Waals surface area contributed by atoms with Crippen molar-refractivity contribution in [3.05, 3.63) is 0 Å². The molecule has 0 bridgehead atoms. The molecule has 5 aliphatic carbocycles. The van der Waals surface area contributed by atoms with Crippen LogP contribution in [-0.2, 0) is 23.7 Å². The van der Waals surface area contributed by atoms with Gasteiger partial charge in [-0.05, 0) is 91.3 Å². The van der Waals surface area contributed by atoms with Crippen molar-refractivity contribution in [1.29, 1.82) is 0 Å². The van der Waals surface area contributed by atoms with Gasteiger partial charge < -0.3 is 24.1 Å². The van der Waals surface area contributed by atoms with E-state index in [4.69, 9.17) is 18.9 Å². The highest BCUT2D eigenvalue weighted by Gasteiger charge is 2.86. The lowest BCUT2D eigenvalue weighted by Gasteiger charge is -2.61. The van der Waals surface area contributed by atoms with Crippen LogP contribution in [0.5, 0.6) is 0 Å². The molecule has 196 valence electrons. The molecule has 0 radical (unpaired) electrons. The van der Waals surface area contributed by atoms with Crippen molar-refractivity contribution in [3.8, 4) is 0 Å². The first kappa shape index (κ1) is 23.4. The predicted octanol–water partition coefficient (Wildman–Crippen LogP) is 4.53. The highest BCUT2D eigenvalue weighted by molar-refractivity contribution is 5.75. The summed E-state index contributed by atoms with van der Waals surface area (Å²) in [5, 5.41) is 12.2. The highest BCUT2D eigenvalue weighted by Crippen LogP contribution is 2.78. The van der Waals surface area contributed by atoms with Gasteiger partial charge >= 0.3 is 5.97 Å². The second-order valence-corrected chi connectivity index (χ2v) is 14.3. The summed E-state index contributed by atoms with van der Waals surface area (Å²) in [6, 6.07) is 0. The van der Waals surface area contributed by atoms with Crippen LogP contribution in [0.2, 0.25) is 0 Å². The Morgan fingerprint density at radius 2 is 1.80 bits per heavy atom. The molecule has 6 heteroatoms. The zero-order valence-corrected chi connectivity index (χ0v) is 22.1. The summed E-state index contributed by atoms with van der Waals surface area (Å²) in [5.41, 5.74) is 0.0114. The molecule has 6 nitrogen and oxygen atoms in total. The van der Waals surface area contributed by atoms with Gasteiger partial charge in [0.05, 0.1) is 24.0 Å². The Bertz CT molecular complexity index is 923. The van der Waals surface area contributed by atoms with E-state index < -0.39 is 11.2 Å². The second kappa shape index (κ2) is 7.24. The van der Waals surface area contributed by atoms with Gasteiger partial charge in [-0.1, -0.05) is 27.7 Å². The molecule has 0 amide bonds. The first-order chi connectivity index (χ1) is 16.6. The second-order valence-electron chi connectivity index (χ2n) is 14.3. The molecule has 1 spiro atoms. The van der Waals surface area contributed by atoms with E-state index in [1.807, 2.05) is 0 Å². The zero-order valence-electron chi connectivity index (χ0n) is 22.1. The van der Waals surface area contributed by atoms with E-state index in [0.717, 1.165) is 12.8 Å². The molecule has 14 atom stereocenters. The number of methoxy groups -OCH3 is 1. The number of carbonyl (C=O) groups excluding carboxylic acids is 1. The largest absolute Gasteiger partial charge is 0.429 e. The van der Waals surface area contributed by atoms with Crippen LogP contribution in [0.25, 0.3) is 0 Å². The molecule has 2 heterocycles. The minimum atomic E-state index is -0.779. The molecular weight excluding hydrogens is 444 g/mol. The number of rotatable bonds is 3. The average molecular weight is 489 g/mol. The number of ether oxygens (including phenoxy) is 4. The van der Waals surface area contributed by atoms with Crippen molar-refractivity contribution in [1.82, 2.24) is 0 Å². The monoisotopic (exact) mass is 488 g/mol. The van der Waals surface area contributed by atoms with E-state index in [1.165, 1.54) is 32.1 Å². The van der Waals surface area contributed by atoms with Gasteiger partial charge in [0.25, 0.3) is 0 Å². The number of carbonyl (C=O) groups is 1. The molecule has 7 rings (SSSR count). The van der Waals surface area contributed by atoms with Crippen molar-refractivity contribution in [2.75, 3.05) is 13.9 Å². The van der Waals surface area contributed by atoms with E-state index >= 15 is 0 Å². The average Bonchev–Trinajstić information content (AvgIpc) is 3.41. The number of aliphatic hydroxyl groups excluding tert-OH is 1. The third-order valence-corrected chi connectivity index (χ3v) is 13.2. The van der Waals surface area contributed by atoms with E-state index in [0.29, 0.717) is 60.2 Å². The van der Waals surface area contributed by atoms with Crippen molar-refractivity contribution in [2.24, 2.45) is 57.7 Å². The standard InChI is InChI=1S/C29H44O6/c1-15-21-23(28(4)13-20(30)34-29(28)25(15)35-29)24(31)22-18-7-6-16-12-17(33-14-32-5)8-10-26(16,2)19(18)9-11-27(21,22)3/h15-19,21-25,31H,6-14H2,1-5H3/t15-,16-,17-,18+,19-,21-,22+,23+,24-,25+,26-,27+,28+,29+/m0/s1. The molecule has 0 unspecified atom stereocenters. The molecule has 5 saturated carbocycles. The van der Waals surface area contributed by atoms with Crippen LogP contribution in [0.3, 0.4) is 0 Å². The number of hydrogen-bond donors (Lipinski definition) is 1. The van der Waals surface area contributed by atoms with Crippen molar-refractivity contribution < 1.29 is 28.8 Å². The Labute approximate surface area is 209 Å². The van der Waals surface area contributed by atoms with Crippen LogP contribution in [0, 0.1) is 57.7 Å². The Hall–Kier alpha value is -0.690. The maximum absolute atomic E-state index is 12.6. The third kappa shape index (κ3) is 2.68. The maximum atomic E-state index is 12.6. The SMILES string of the molecule is COCO[C@H]1CC[C@@]2(C)[C@@H](CC[C@H]3[C@@H]4[C@H](O)[C@H]5[C@H]([C@H](C)[C@H]6O[C@]67OC(=O)C[C@]57C)[C@@]4(C)CC[C@@H]32)C1. The summed E-state index contributed by atoms with van der Waals surface area (Å²) >= 11 is 0. The van der Waals surface area contributed by atoms with Crippen LogP contribution >= 0.6 is 0 Å². The summed E-state index contributed by atoms with van der Waals surface area (Å²) < 4.78 is 23.3. The summed E-state index contributed by atoms with van der Waals surface area (Å²) in [6.45, 7) is 9.92. The Morgan fingerprint density at radius 1 is 1.03 bits per heavy atom. The van der Waals surface area contributed by atoms with Gasteiger partial charge in [-0.15, -0.1) is 0 Å². The normalized spacial score (nSPS) is 62.1. The van der Waals surface area contributed by atoms with Crippen LogP contribution < -0.4 is 0 Å². The number of epoxide rings is 1. The van der Waals surface area contributed by atoms with Crippen LogP contribution in [0.4, 0.5) is 0 Å². The molecule has 7 aliphatic rings. The third-order valence-electron chi connectivity index (χ3n) is 13.2. The fraction of sp³-hybridized carbons (Fsp3) is 0.966. The number of fused-ring (bicyclic) bond motifs is 8. The number of aliphatic hydroxyl groups is 1. The fourth-order valence-corrected chi connectivity index (χ4v) is 11.8. The van der Waals surface area contributed by atoms with Gasteiger partial charge in [-0.25, -0.2) is 0 Å². The topological polar surface area (TPSA) is 77.5 Å². The highest BCUT2D eigenvalue weighted by atomic mass is 16.8. The molecule has 0 aromatic rings. The van der Waals surface area contributed by atoms with E-state index in [9.17, 15) is 9.90 Å². The molecule has 0 aromatic heterocycles. The molecule has 2 aliphatic heterocycles. The molecule has 35 heavy (non-hydrogen) atoms. The first-order valence-corrected chi connectivity index (χ1v) is 14.3. The zero-order chi connectivity index (χ0) is 24.5. The Balaban J connectivity index is 1.21. The van der Waals surface area contributed by atoms with E-state index in [2.05, 4.69) is 27.7 Å². The van der Waals surface area contributed by atoms with Crippen molar-refractivity contribution in [3.63, 3.8) is 0 Å². The molecule has 1 N–H and O–H groups in total. The summed E-state index contributed by atoms with van der Waals surface area (Å²) in [6.07, 6.45) is 8.69. The summed E-state index contributed by atoms with van der Waals surface area (Å²) in [5.74, 6) is 2.07. The molecular formula is C29H44O6. The predicted molar refractivity (Wildman–Crippen MR) is 128 cm³/mol. The van der Waals surface area contributed by atoms with Crippen LogP contribution in [0.15, 0.2) is 0 Å². The molecule has 0 aromatic carbocycles. The van der Waals surface area contributed by atoms with Crippen molar-refractivity contribution in [2.45, 2.75) is 103 Å². The quantitative estimate of drug-likeness (QED) is 0.357. The smallest absolute Gasteiger partial charge is 0.309 e. The lowest BCUT2D eigenvalue weighted by atomic mass is 9.44. The fourth-order valence-electron chi connectivity index (χ4n) is 11.8. The van der Waals surface area contributed by atoms with Gasteiger partial charge in [-0.3, -0.25) is 4.79 Å². The van der Waals surface area contributed by atoms with E-state index in [-0.39, 0.29) is 29.5 Å². The minimum absolute atomic E-state index is 0.00340. The van der Waals surface area contributed by atoms with E-state index in [1.54, 1.807) is 7.11 Å².